The summed E-state index contributed by atoms with van der Waals surface area (Å²) in [6.45, 7) is 2.01. The summed E-state index contributed by atoms with van der Waals surface area (Å²) in [6.07, 6.45) is 5.02. The lowest BCUT2D eigenvalue weighted by Crippen LogP contribution is -2.41. The summed E-state index contributed by atoms with van der Waals surface area (Å²) in [5, 5.41) is 3.02. The molecule has 1 aliphatic rings. The molecule has 0 atom stereocenters. The van der Waals surface area contributed by atoms with Gasteiger partial charge in [0.1, 0.15) is 11.5 Å². The number of benzene rings is 2. The first-order valence-electron chi connectivity index (χ1n) is 10.5. The Hall–Kier alpha value is -3.67. The van der Waals surface area contributed by atoms with Gasteiger partial charge in [0, 0.05) is 43.2 Å². The van der Waals surface area contributed by atoms with Crippen LogP contribution in [0.2, 0.25) is 0 Å². The van der Waals surface area contributed by atoms with Crippen molar-refractivity contribution < 1.29 is 14.3 Å². The van der Waals surface area contributed by atoms with Crippen LogP contribution in [0.3, 0.4) is 0 Å². The minimum Gasteiger partial charge on any atom is -0.457 e. The zero-order chi connectivity index (χ0) is 21.5. The molecule has 3 aromatic rings. The van der Waals surface area contributed by atoms with Crippen LogP contribution in [0, 0.1) is 5.92 Å². The molecule has 1 aliphatic heterocycles. The monoisotopic (exact) mass is 415 g/mol. The number of hydrogen-bond acceptors (Lipinski definition) is 4. The topological polar surface area (TPSA) is 71.5 Å². The van der Waals surface area contributed by atoms with Crippen molar-refractivity contribution in [3.05, 3.63) is 90.3 Å². The molecule has 0 saturated carbocycles. The summed E-state index contributed by atoms with van der Waals surface area (Å²) >= 11 is 0. The van der Waals surface area contributed by atoms with E-state index in [1.54, 1.807) is 48.8 Å². The molecule has 2 aromatic carbocycles. The Morgan fingerprint density at radius 2 is 1.52 bits per heavy atom. The molecule has 1 N–H and O–H groups in total. The Kier molecular flexibility index (Phi) is 6.57. The average molecular weight is 415 g/mol. The normalized spacial score (nSPS) is 14.1. The molecular formula is C25H25N3O3. The first-order valence-corrected chi connectivity index (χ1v) is 10.5. The number of amides is 2. The number of rotatable bonds is 6. The largest absolute Gasteiger partial charge is 0.457 e. The van der Waals surface area contributed by atoms with Crippen LogP contribution in [0.4, 0.5) is 0 Å². The number of pyridine rings is 1. The highest BCUT2D eigenvalue weighted by Gasteiger charge is 2.24. The first kappa shape index (κ1) is 20.6. The molecule has 1 saturated heterocycles. The summed E-state index contributed by atoms with van der Waals surface area (Å²) in [4.78, 5) is 30.8. The molecule has 0 radical (unpaired) electrons. The Balaban J connectivity index is 1.23. The molecule has 0 unspecified atom stereocenters. The van der Waals surface area contributed by atoms with Crippen molar-refractivity contribution in [2.75, 3.05) is 19.6 Å². The second-order valence-corrected chi connectivity index (χ2v) is 7.62. The molecule has 2 heterocycles. The van der Waals surface area contributed by atoms with Crippen LogP contribution in [0.5, 0.6) is 11.5 Å². The molecule has 31 heavy (non-hydrogen) atoms. The number of piperidine rings is 1. The second kappa shape index (κ2) is 9.89. The van der Waals surface area contributed by atoms with Gasteiger partial charge in [0.2, 0.25) is 0 Å². The van der Waals surface area contributed by atoms with E-state index >= 15 is 0 Å². The van der Waals surface area contributed by atoms with Gasteiger partial charge in [-0.2, -0.15) is 0 Å². The van der Waals surface area contributed by atoms with Gasteiger partial charge in [-0.25, -0.2) is 0 Å². The van der Waals surface area contributed by atoms with Crippen LogP contribution in [0.15, 0.2) is 79.1 Å². The minimum atomic E-state index is -0.0958. The highest BCUT2D eigenvalue weighted by Crippen LogP contribution is 2.22. The summed E-state index contributed by atoms with van der Waals surface area (Å²) in [5.74, 6) is 1.76. The highest BCUT2D eigenvalue weighted by molar-refractivity contribution is 5.94. The standard InChI is InChI=1S/C25H25N3O3/c29-24(20-6-8-23(9-7-20)31-22-4-2-1-3-5-22)27-18-19-12-16-28(17-13-19)25(30)21-10-14-26-15-11-21/h1-11,14-15,19H,12-13,16-18H2,(H,27,29). The molecular weight excluding hydrogens is 390 g/mol. The van der Waals surface area contributed by atoms with Crippen molar-refractivity contribution in [1.82, 2.24) is 15.2 Å². The van der Waals surface area contributed by atoms with Crippen LogP contribution in [-0.2, 0) is 0 Å². The van der Waals surface area contributed by atoms with Gasteiger partial charge in [0.15, 0.2) is 0 Å². The maximum atomic E-state index is 12.5. The van der Waals surface area contributed by atoms with Crippen LogP contribution in [-0.4, -0.2) is 41.3 Å². The first-order chi connectivity index (χ1) is 15.2. The van der Waals surface area contributed by atoms with Gasteiger partial charge in [-0.05, 0) is 67.3 Å². The van der Waals surface area contributed by atoms with E-state index in [4.69, 9.17) is 4.74 Å². The fourth-order valence-corrected chi connectivity index (χ4v) is 3.66. The summed E-state index contributed by atoms with van der Waals surface area (Å²) < 4.78 is 5.76. The number of para-hydroxylation sites is 1. The van der Waals surface area contributed by atoms with Gasteiger partial charge in [-0.3, -0.25) is 14.6 Å². The Morgan fingerprint density at radius 1 is 0.871 bits per heavy atom. The minimum absolute atomic E-state index is 0.0442. The van der Waals surface area contributed by atoms with Crippen LogP contribution in [0.1, 0.15) is 33.6 Å². The molecule has 6 heteroatoms. The molecule has 0 bridgehead atoms. The molecule has 1 aromatic heterocycles. The lowest BCUT2D eigenvalue weighted by Gasteiger charge is -2.32. The van der Waals surface area contributed by atoms with Crippen molar-refractivity contribution in [3.8, 4) is 11.5 Å². The van der Waals surface area contributed by atoms with Gasteiger partial charge >= 0.3 is 0 Å². The summed E-state index contributed by atoms with van der Waals surface area (Å²) in [7, 11) is 0. The van der Waals surface area contributed by atoms with E-state index in [2.05, 4.69) is 10.3 Å². The fourth-order valence-electron chi connectivity index (χ4n) is 3.66. The molecule has 0 spiro atoms. The van der Waals surface area contributed by atoms with Crippen LogP contribution in [0.25, 0.3) is 0 Å². The number of likely N-dealkylation sites (tertiary alicyclic amines) is 1. The Bertz CT molecular complexity index is 999. The van der Waals surface area contributed by atoms with Gasteiger partial charge in [-0.15, -0.1) is 0 Å². The van der Waals surface area contributed by atoms with Crippen LogP contribution >= 0.6 is 0 Å². The molecule has 6 nitrogen and oxygen atoms in total. The smallest absolute Gasteiger partial charge is 0.253 e. The van der Waals surface area contributed by atoms with Crippen molar-refractivity contribution in [1.29, 1.82) is 0 Å². The van der Waals surface area contributed by atoms with Crippen molar-refractivity contribution in [2.24, 2.45) is 5.92 Å². The van der Waals surface area contributed by atoms with E-state index in [9.17, 15) is 9.59 Å². The zero-order valence-electron chi connectivity index (χ0n) is 17.2. The Labute approximate surface area is 181 Å². The molecule has 0 aliphatic carbocycles. The zero-order valence-corrected chi connectivity index (χ0v) is 17.2. The molecule has 2 amide bonds. The number of carbonyl (C=O) groups excluding carboxylic acids is 2. The molecule has 4 rings (SSSR count). The number of nitrogens with zero attached hydrogens (tertiary/aromatic N) is 2. The third-order valence-corrected chi connectivity index (χ3v) is 5.48. The van der Waals surface area contributed by atoms with E-state index in [-0.39, 0.29) is 11.8 Å². The van der Waals surface area contributed by atoms with Crippen molar-refractivity contribution in [3.63, 3.8) is 0 Å². The van der Waals surface area contributed by atoms with E-state index in [0.29, 0.717) is 42.4 Å². The molecule has 158 valence electrons. The van der Waals surface area contributed by atoms with Gasteiger partial charge < -0.3 is 15.0 Å². The number of hydrogen-bond donors (Lipinski definition) is 1. The Morgan fingerprint density at radius 3 is 2.19 bits per heavy atom. The number of ether oxygens (including phenoxy) is 1. The van der Waals surface area contributed by atoms with E-state index in [1.807, 2.05) is 35.2 Å². The lowest BCUT2D eigenvalue weighted by atomic mass is 9.96. The quantitative estimate of drug-likeness (QED) is 0.656. The molecule has 1 fully saturated rings. The lowest BCUT2D eigenvalue weighted by molar-refractivity contribution is 0.0684. The maximum Gasteiger partial charge on any atom is 0.253 e. The third kappa shape index (κ3) is 5.48. The fraction of sp³-hybridized carbons (Fsp3) is 0.240. The van der Waals surface area contributed by atoms with E-state index < -0.39 is 0 Å². The summed E-state index contributed by atoms with van der Waals surface area (Å²) in [5.41, 5.74) is 1.27. The van der Waals surface area contributed by atoms with Crippen molar-refractivity contribution in [2.45, 2.75) is 12.8 Å². The van der Waals surface area contributed by atoms with E-state index in [0.717, 1.165) is 18.6 Å². The van der Waals surface area contributed by atoms with E-state index in [1.165, 1.54) is 0 Å². The predicted octanol–water partition coefficient (Wildman–Crippen LogP) is 4.16. The van der Waals surface area contributed by atoms with Gasteiger partial charge in [0.05, 0.1) is 0 Å². The number of nitrogens with one attached hydrogen (secondary N) is 1. The predicted molar refractivity (Wildman–Crippen MR) is 118 cm³/mol. The second-order valence-electron chi connectivity index (χ2n) is 7.62. The summed E-state index contributed by atoms with van der Waals surface area (Å²) in [6, 6.07) is 20.1. The van der Waals surface area contributed by atoms with Gasteiger partial charge in [-0.1, -0.05) is 18.2 Å². The van der Waals surface area contributed by atoms with Crippen molar-refractivity contribution >= 4 is 11.8 Å². The van der Waals surface area contributed by atoms with Gasteiger partial charge in [0.25, 0.3) is 11.8 Å². The third-order valence-electron chi connectivity index (χ3n) is 5.48. The maximum absolute atomic E-state index is 12.5. The van der Waals surface area contributed by atoms with Crippen LogP contribution < -0.4 is 10.1 Å². The number of aromatic nitrogens is 1. The average Bonchev–Trinajstić information content (AvgIpc) is 2.84. The number of carbonyl (C=O) groups is 2. The highest BCUT2D eigenvalue weighted by atomic mass is 16.5. The SMILES string of the molecule is O=C(NCC1CCN(C(=O)c2ccncc2)CC1)c1ccc(Oc2ccccc2)cc1.